The summed E-state index contributed by atoms with van der Waals surface area (Å²) < 4.78 is 28.4. The summed E-state index contributed by atoms with van der Waals surface area (Å²) in [4.78, 5) is 15.6. The molecule has 1 amide bonds. The number of rotatable bonds is 14. The highest BCUT2D eigenvalue weighted by Crippen LogP contribution is 2.34. The van der Waals surface area contributed by atoms with Crippen molar-refractivity contribution >= 4 is 20.6 Å². The van der Waals surface area contributed by atoms with E-state index in [1.165, 1.54) is 0 Å². The van der Waals surface area contributed by atoms with Crippen molar-refractivity contribution in [1.82, 2.24) is 0 Å². The van der Waals surface area contributed by atoms with Gasteiger partial charge in [0.1, 0.15) is 11.6 Å². The first-order valence-corrected chi connectivity index (χ1v) is 17.0. The van der Waals surface area contributed by atoms with Crippen LogP contribution in [0, 0.1) is 5.41 Å². The Bertz CT molecular complexity index is 1210. The highest BCUT2D eigenvalue weighted by molar-refractivity contribution is 6.48. The lowest BCUT2D eigenvalue weighted by molar-refractivity contribution is 0.0669. The minimum Gasteiger partial charge on any atom is -0.497 e. The zero-order valence-electron chi connectivity index (χ0n) is 24.8. The molecule has 0 aromatic heterocycles. The SMILES string of the molecule is CCCC(C)(C)C(C/C=C(/F)C(Cc1ccccc1)N(C(=O)c1ccccc1)c1ccc(OC)cc1)O[SiH](C)C. The molecule has 3 aromatic carbocycles. The Morgan fingerprint density at radius 2 is 1.57 bits per heavy atom. The van der Waals surface area contributed by atoms with Crippen molar-refractivity contribution in [2.75, 3.05) is 12.0 Å². The number of methoxy groups -OCH3 is 1. The van der Waals surface area contributed by atoms with Gasteiger partial charge < -0.3 is 9.16 Å². The molecule has 0 fully saturated rings. The molecule has 0 heterocycles. The Morgan fingerprint density at radius 1 is 0.975 bits per heavy atom. The van der Waals surface area contributed by atoms with Crippen LogP contribution in [0.5, 0.6) is 5.75 Å². The summed E-state index contributed by atoms with van der Waals surface area (Å²) in [5, 5.41) is 0. The van der Waals surface area contributed by atoms with Gasteiger partial charge in [-0.1, -0.05) is 75.7 Å². The summed E-state index contributed by atoms with van der Waals surface area (Å²) in [6.45, 7) is 10.9. The molecule has 0 N–H and O–H groups in total. The molecule has 0 aliphatic carbocycles. The smallest absolute Gasteiger partial charge is 0.258 e. The molecule has 4 nitrogen and oxygen atoms in total. The monoisotopic (exact) mass is 561 g/mol. The van der Waals surface area contributed by atoms with E-state index >= 15 is 4.39 Å². The Labute approximate surface area is 241 Å². The number of nitrogens with zero attached hydrogens (tertiary/aromatic N) is 1. The average Bonchev–Trinajstić information content (AvgIpc) is 2.95. The molecule has 2 atom stereocenters. The molecule has 0 saturated carbocycles. The molecular formula is C34H44FNO3Si. The number of hydrogen-bond donors (Lipinski definition) is 0. The minimum atomic E-state index is -1.36. The summed E-state index contributed by atoms with van der Waals surface area (Å²) in [7, 11) is 0.239. The fourth-order valence-corrected chi connectivity index (χ4v) is 6.24. The van der Waals surface area contributed by atoms with E-state index in [1.54, 1.807) is 42.4 Å². The first-order valence-electron chi connectivity index (χ1n) is 14.2. The quantitative estimate of drug-likeness (QED) is 0.186. The van der Waals surface area contributed by atoms with E-state index in [2.05, 4.69) is 33.9 Å². The van der Waals surface area contributed by atoms with Gasteiger partial charge in [0.25, 0.3) is 5.91 Å². The van der Waals surface area contributed by atoms with Crippen molar-refractivity contribution in [3.8, 4) is 5.75 Å². The molecule has 0 bridgehead atoms. The van der Waals surface area contributed by atoms with Crippen LogP contribution in [0.2, 0.25) is 13.1 Å². The molecule has 0 aliphatic heterocycles. The Balaban J connectivity index is 2.09. The van der Waals surface area contributed by atoms with Crippen molar-refractivity contribution in [3.63, 3.8) is 0 Å². The van der Waals surface area contributed by atoms with E-state index in [-0.39, 0.29) is 23.3 Å². The summed E-state index contributed by atoms with van der Waals surface area (Å²) >= 11 is 0. The molecule has 0 spiro atoms. The number of hydrogen-bond acceptors (Lipinski definition) is 3. The predicted octanol–water partition coefficient (Wildman–Crippen LogP) is 8.39. The molecule has 0 radical (unpaired) electrons. The fourth-order valence-electron chi connectivity index (χ4n) is 5.10. The molecule has 2 unspecified atom stereocenters. The van der Waals surface area contributed by atoms with Gasteiger partial charge in [-0.15, -0.1) is 0 Å². The van der Waals surface area contributed by atoms with Gasteiger partial charge in [-0.3, -0.25) is 9.69 Å². The van der Waals surface area contributed by atoms with E-state index in [4.69, 9.17) is 9.16 Å². The number of carbonyl (C=O) groups excluding carboxylic acids is 1. The Kier molecular flexibility index (Phi) is 11.7. The number of ether oxygens (including phenoxy) is 1. The van der Waals surface area contributed by atoms with Crippen LogP contribution in [0.15, 0.2) is 96.8 Å². The third-order valence-electron chi connectivity index (χ3n) is 7.22. The lowest BCUT2D eigenvalue weighted by Gasteiger charge is -2.36. The maximum Gasteiger partial charge on any atom is 0.258 e. The standard InChI is InChI=1S/C34H44FNO3Si/c1-7-24-34(2,3)32(39-40(5)6)23-22-30(35)31(25-26-14-10-8-11-15-26)36(28-18-20-29(38-4)21-19-28)33(37)27-16-12-9-13-17-27/h8-22,31-32,40H,7,23-25H2,1-6H3/b30-22+. The minimum absolute atomic E-state index is 0.0900. The molecule has 40 heavy (non-hydrogen) atoms. The summed E-state index contributed by atoms with van der Waals surface area (Å²) in [5.74, 6) is 0.0710. The number of halogens is 1. The number of carbonyl (C=O) groups is 1. The average molecular weight is 562 g/mol. The van der Waals surface area contributed by atoms with Crippen LogP contribution < -0.4 is 9.64 Å². The number of benzene rings is 3. The lowest BCUT2D eigenvalue weighted by Crippen LogP contribution is -2.43. The van der Waals surface area contributed by atoms with Crippen molar-refractivity contribution in [2.45, 2.75) is 71.7 Å². The maximum atomic E-state index is 16.6. The molecule has 0 saturated heterocycles. The van der Waals surface area contributed by atoms with E-state index in [0.717, 1.165) is 18.4 Å². The number of anilines is 1. The zero-order valence-corrected chi connectivity index (χ0v) is 25.9. The normalized spacial score (nSPS) is 13.7. The summed E-state index contributed by atoms with van der Waals surface area (Å²) in [5.41, 5.74) is 1.96. The fraction of sp³-hybridized carbons (Fsp3) is 0.382. The van der Waals surface area contributed by atoms with Gasteiger partial charge in [0.05, 0.1) is 19.3 Å². The molecular weight excluding hydrogens is 517 g/mol. The Morgan fingerprint density at radius 3 is 2.12 bits per heavy atom. The van der Waals surface area contributed by atoms with Crippen LogP contribution in [0.3, 0.4) is 0 Å². The van der Waals surface area contributed by atoms with Crippen molar-refractivity contribution in [3.05, 3.63) is 108 Å². The van der Waals surface area contributed by atoms with Crippen molar-refractivity contribution in [2.24, 2.45) is 5.41 Å². The first kappa shape index (κ1) is 31.3. The van der Waals surface area contributed by atoms with Crippen LogP contribution in [0.1, 0.15) is 56.0 Å². The topological polar surface area (TPSA) is 38.8 Å². The van der Waals surface area contributed by atoms with Crippen LogP contribution in [0.25, 0.3) is 0 Å². The molecule has 3 rings (SSSR count). The highest BCUT2D eigenvalue weighted by Gasteiger charge is 2.33. The van der Waals surface area contributed by atoms with E-state index in [0.29, 0.717) is 29.8 Å². The van der Waals surface area contributed by atoms with Crippen LogP contribution >= 0.6 is 0 Å². The third-order valence-corrected chi connectivity index (χ3v) is 8.09. The third kappa shape index (κ3) is 8.64. The van der Waals surface area contributed by atoms with E-state index in [9.17, 15) is 4.79 Å². The highest BCUT2D eigenvalue weighted by atomic mass is 28.3. The van der Waals surface area contributed by atoms with Gasteiger partial charge in [-0.2, -0.15) is 0 Å². The van der Waals surface area contributed by atoms with Gasteiger partial charge in [0.2, 0.25) is 0 Å². The first-order chi connectivity index (χ1) is 19.2. The molecule has 6 heteroatoms. The second kappa shape index (κ2) is 15.0. The van der Waals surface area contributed by atoms with E-state index in [1.807, 2.05) is 60.7 Å². The lowest BCUT2D eigenvalue weighted by atomic mass is 9.80. The molecule has 3 aromatic rings. The number of amides is 1. The van der Waals surface area contributed by atoms with Gasteiger partial charge >= 0.3 is 0 Å². The van der Waals surface area contributed by atoms with Crippen LogP contribution in [-0.2, 0) is 10.8 Å². The largest absolute Gasteiger partial charge is 0.497 e. The van der Waals surface area contributed by atoms with Gasteiger partial charge in [-0.05, 0) is 85.8 Å². The maximum absolute atomic E-state index is 16.6. The predicted molar refractivity (Wildman–Crippen MR) is 166 cm³/mol. The summed E-state index contributed by atoms with van der Waals surface area (Å²) in [6, 6.07) is 25.2. The van der Waals surface area contributed by atoms with Gasteiger partial charge in [0.15, 0.2) is 9.04 Å². The molecule has 214 valence electrons. The van der Waals surface area contributed by atoms with Crippen LogP contribution in [0.4, 0.5) is 10.1 Å². The van der Waals surface area contributed by atoms with Crippen molar-refractivity contribution < 1.29 is 18.3 Å². The summed E-state index contributed by atoms with van der Waals surface area (Å²) in [6.07, 6.45) is 4.36. The zero-order chi connectivity index (χ0) is 29.1. The Hall–Kier alpha value is -3.22. The van der Waals surface area contributed by atoms with Gasteiger partial charge in [0, 0.05) is 11.3 Å². The van der Waals surface area contributed by atoms with Crippen molar-refractivity contribution in [1.29, 1.82) is 0 Å². The van der Waals surface area contributed by atoms with Crippen LogP contribution in [-0.4, -0.2) is 34.2 Å². The molecule has 0 aliphatic rings. The second-order valence-electron chi connectivity index (χ2n) is 11.2. The van der Waals surface area contributed by atoms with Gasteiger partial charge in [-0.25, -0.2) is 4.39 Å². The second-order valence-corrected chi connectivity index (χ2v) is 13.6. The van der Waals surface area contributed by atoms with E-state index < -0.39 is 15.1 Å².